The van der Waals surface area contributed by atoms with Crippen molar-refractivity contribution in [2.24, 2.45) is 0 Å². The number of nitrogen functional groups attached to an aromatic ring is 1. The Labute approximate surface area is 161 Å². The number of hydrogen-bond donors (Lipinski definition) is 2. The number of thioether (sulfide) groups is 1. The van der Waals surface area contributed by atoms with Gasteiger partial charge in [0.25, 0.3) is 0 Å². The topological polar surface area (TPSA) is 95.1 Å². The summed E-state index contributed by atoms with van der Waals surface area (Å²) in [5.74, 6) is 7.45. The average Bonchev–Trinajstić information content (AvgIpc) is 3.02. The molecule has 0 saturated carbocycles. The third kappa shape index (κ3) is 4.79. The Morgan fingerprint density at radius 3 is 2.70 bits per heavy atom. The fourth-order valence-corrected chi connectivity index (χ4v) is 3.14. The van der Waals surface area contributed by atoms with Crippen LogP contribution >= 0.6 is 11.8 Å². The zero-order chi connectivity index (χ0) is 19.2. The van der Waals surface area contributed by atoms with Crippen LogP contribution in [0, 0.1) is 6.92 Å². The van der Waals surface area contributed by atoms with Gasteiger partial charge in [-0.25, -0.2) is 4.68 Å². The van der Waals surface area contributed by atoms with Gasteiger partial charge in [0.15, 0.2) is 5.82 Å². The smallest absolute Gasteiger partial charge is 0.234 e. The van der Waals surface area contributed by atoms with Gasteiger partial charge in [-0.3, -0.25) is 4.79 Å². The number of nitrogens with one attached hydrogen (secondary N) is 1. The largest absolute Gasteiger partial charge is 0.494 e. The maximum atomic E-state index is 12.2. The van der Waals surface area contributed by atoms with Gasteiger partial charge in [-0.15, -0.1) is 10.2 Å². The van der Waals surface area contributed by atoms with Crippen molar-refractivity contribution in [3.05, 3.63) is 54.1 Å². The fourth-order valence-electron chi connectivity index (χ4n) is 2.48. The molecule has 0 radical (unpaired) electrons. The third-order valence-electron chi connectivity index (χ3n) is 3.72. The van der Waals surface area contributed by atoms with Crippen LogP contribution in [0.2, 0.25) is 0 Å². The zero-order valence-corrected chi connectivity index (χ0v) is 16.0. The van der Waals surface area contributed by atoms with Crippen molar-refractivity contribution < 1.29 is 9.53 Å². The van der Waals surface area contributed by atoms with E-state index in [9.17, 15) is 4.79 Å². The second kappa shape index (κ2) is 8.59. The van der Waals surface area contributed by atoms with Crippen molar-refractivity contribution in [3.63, 3.8) is 0 Å². The standard InChI is InChI=1S/C19H21N5O2S/c1-3-26-16-9-7-15(8-10-16)21-17(25)12-27-19-23-22-18(24(19)20)14-6-4-5-13(2)11-14/h4-11H,3,12,20H2,1-2H3,(H,21,25). The summed E-state index contributed by atoms with van der Waals surface area (Å²) in [5.41, 5.74) is 2.70. The van der Waals surface area contributed by atoms with Crippen LogP contribution in [-0.2, 0) is 4.79 Å². The zero-order valence-electron chi connectivity index (χ0n) is 15.2. The van der Waals surface area contributed by atoms with Crippen molar-refractivity contribution in [3.8, 4) is 17.1 Å². The molecule has 0 atom stereocenters. The van der Waals surface area contributed by atoms with Crippen LogP contribution < -0.4 is 15.9 Å². The van der Waals surface area contributed by atoms with Crippen LogP contribution in [-0.4, -0.2) is 33.1 Å². The summed E-state index contributed by atoms with van der Waals surface area (Å²) in [6.45, 7) is 4.53. The molecule has 0 aliphatic rings. The normalized spacial score (nSPS) is 10.6. The average molecular weight is 383 g/mol. The molecular formula is C19H21N5O2S. The van der Waals surface area contributed by atoms with Gasteiger partial charge >= 0.3 is 0 Å². The first-order chi connectivity index (χ1) is 13.1. The number of carbonyl (C=O) groups excluding carboxylic acids is 1. The second-order valence-corrected chi connectivity index (χ2v) is 6.78. The first-order valence-corrected chi connectivity index (χ1v) is 9.48. The number of benzene rings is 2. The summed E-state index contributed by atoms with van der Waals surface area (Å²) in [5, 5.41) is 11.5. The summed E-state index contributed by atoms with van der Waals surface area (Å²) in [7, 11) is 0. The Balaban J connectivity index is 1.59. The molecule has 27 heavy (non-hydrogen) atoms. The van der Waals surface area contributed by atoms with Gasteiger partial charge in [0.05, 0.1) is 12.4 Å². The number of hydrogen-bond acceptors (Lipinski definition) is 6. The molecule has 0 unspecified atom stereocenters. The molecule has 0 saturated heterocycles. The molecule has 3 rings (SSSR count). The van der Waals surface area contributed by atoms with Crippen LogP contribution in [0.15, 0.2) is 53.7 Å². The molecule has 0 fully saturated rings. The number of nitrogens with two attached hydrogens (primary N) is 1. The molecule has 1 amide bonds. The molecule has 140 valence electrons. The summed E-state index contributed by atoms with van der Waals surface area (Å²) in [4.78, 5) is 12.2. The van der Waals surface area contributed by atoms with E-state index in [4.69, 9.17) is 10.6 Å². The quantitative estimate of drug-likeness (QED) is 0.481. The van der Waals surface area contributed by atoms with Crippen molar-refractivity contribution in [1.82, 2.24) is 14.9 Å². The van der Waals surface area contributed by atoms with Crippen molar-refractivity contribution in [2.45, 2.75) is 19.0 Å². The lowest BCUT2D eigenvalue weighted by Crippen LogP contribution is -2.16. The van der Waals surface area contributed by atoms with E-state index in [1.165, 1.54) is 16.4 Å². The molecule has 0 bridgehead atoms. The monoisotopic (exact) mass is 383 g/mol. The number of aryl methyl sites for hydroxylation is 1. The Hall–Kier alpha value is -3.00. The van der Waals surface area contributed by atoms with Crippen molar-refractivity contribution in [2.75, 3.05) is 23.5 Å². The number of nitrogens with zero attached hydrogens (tertiary/aromatic N) is 3. The SMILES string of the molecule is CCOc1ccc(NC(=O)CSc2nnc(-c3cccc(C)c3)n2N)cc1. The van der Waals surface area contributed by atoms with Crippen LogP contribution in [0.4, 0.5) is 5.69 Å². The molecule has 1 heterocycles. The number of ether oxygens (including phenoxy) is 1. The second-order valence-electron chi connectivity index (χ2n) is 5.84. The van der Waals surface area contributed by atoms with Crippen LogP contribution in [0.1, 0.15) is 12.5 Å². The molecule has 1 aromatic heterocycles. The Bertz CT molecular complexity index is 924. The molecule has 3 aromatic rings. The van der Waals surface area contributed by atoms with Gasteiger partial charge in [-0.05, 0) is 44.2 Å². The maximum absolute atomic E-state index is 12.2. The maximum Gasteiger partial charge on any atom is 0.234 e. The van der Waals surface area contributed by atoms with Crippen LogP contribution in [0.25, 0.3) is 11.4 Å². The minimum atomic E-state index is -0.149. The van der Waals surface area contributed by atoms with Crippen molar-refractivity contribution >= 4 is 23.4 Å². The molecule has 2 aromatic carbocycles. The minimum Gasteiger partial charge on any atom is -0.494 e. The highest BCUT2D eigenvalue weighted by molar-refractivity contribution is 7.99. The highest BCUT2D eigenvalue weighted by Gasteiger charge is 2.14. The van der Waals surface area contributed by atoms with Gasteiger partial charge in [0.1, 0.15) is 5.75 Å². The minimum absolute atomic E-state index is 0.149. The van der Waals surface area contributed by atoms with E-state index in [0.717, 1.165) is 16.9 Å². The van der Waals surface area contributed by atoms with Gasteiger partial charge in [-0.2, -0.15) is 0 Å². The number of rotatable bonds is 7. The summed E-state index contributed by atoms with van der Waals surface area (Å²) >= 11 is 1.23. The predicted molar refractivity (Wildman–Crippen MR) is 107 cm³/mol. The van der Waals surface area contributed by atoms with E-state index >= 15 is 0 Å². The van der Waals surface area contributed by atoms with Gasteiger partial charge in [0.2, 0.25) is 11.1 Å². The summed E-state index contributed by atoms with van der Waals surface area (Å²) in [6, 6.07) is 15.1. The van der Waals surface area contributed by atoms with Gasteiger partial charge < -0.3 is 15.9 Å². The molecule has 8 heteroatoms. The highest BCUT2D eigenvalue weighted by atomic mass is 32.2. The van der Waals surface area contributed by atoms with Crippen LogP contribution in [0.3, 0.4) is 0 Å². The molecule has 0 spiro atoms. The number of aromatic nitrogens is 3. The molecule has 0 aliphatic heterocycles. The third-order valence-corrected chi connectivity index (χ3v) is 4.67. The molecular weight excluding hydrogens is 362 g/mol. The van der Waals surface area contributed by atoms with E-state index in [1.807, 2.05) is 50.2 Å². The van der Waals surface area contributed by atoms with Crippen LogP contribution in [0.5, 0.6) is 5.75 Å². The molecule has 0 aliphatic carbocycles. The van der Waals surface area contributed by atoms with E-state index in [0.29, 0.717) is 23.3 Å². The number of anilines is 1. The van der Waals surface area contributed by atoms with E-state index < -0.39 is 0 Å². The fraction of sp³-hybridized carbons (Fsp3) is 0.211. The summed E-state index contributed by atoms with van der Waals surface area (Å²) in [6.07, 6.45) is 0. The lowest BCUT2D eigenvalue weighted by molar-refractivity contribution is -0.113. The number of amides is 1. The van der Waals surface area contributed by atoms with Crippen molar-refractivity contribution in [1.29, 1.82) is 0 Å². The van der Waals surface area contributed by atoms with E-state index in [-0.39, 0.29) is 11.7 Å². The van der Waals surface area contributed by atoms with E-state index in [2.05, 4.69) is 15.5 Å². The van der Waals surface area contributed by atoms with E-state index in [1.54, 1.807) is 12.1 Å². The summed E-state index contributed by atoms with van der Waals surface area (Å²) < 4.78 is 6.79. The first-order valence-electron chi connectivity index (χ1n) is 8.50. The molecule has 7 nitrogen and oxygen atoms in total. The Morgan fingerprint density at radius 2 is 2.00 bits per heavy atom. The predicted octanol–water partition coefficient (Wildman–Crippen LogP) is 3.10. The number of carbonyl (C=O) groups is 1. The lowest BCUT2D eigenvalue weighted by Gasteiger charge is -2.07. The molecule has 3 N–H and O–H groups in total. The van der Waals surface area contributed by atoms with Gasteiger partial charge in [-0.1, -0.05) is 35.5 Å². The Kier molecular flexibility index (Phi) is 5.97. The Morgan fingerprint density at radius 1 is 1.22 bits per heavy atom. The lowest BCUT2D eigenvalue weighted by atomic mass is 10.1. The first kappa shape index (κ1) is 18.8. The van der Waals surface area contributed by atoms with Gasteiger partial charge in [0, 0.05) is 11.3 Å². The highest BCUT2D eigenvalue weighted by Crippen LogP contribution is 2.22.